The van der Waals surface area contributed by atoms with E-state index in [-0.39, 0.29) is 11.7 Å². The molecule has 21 heavy (non-hydrogen) atoms. The summed E-state index contributed by atoms with van der Waals surface area (Å²) in [4.78, 5) is 22.8. The molecule has 2 N–H and O–H groups in total. The normalized spacial score (nSPS) is 14.2. The maximum atomic E-state index is 12.0. The molecule has 6 nitrogen and oxygen atoms in total. The second-order valence-electron chi connectivity index (χ2n) is 5.16. The number of carbonyl (C=O) groups is 2. The van der Waals surface area contributed by atoms with Gasteiger partial charge in [0.25, 0.3) is 5.91 Å². The van der Waals surface area contributed by atoms with Gasteiger partial charge in [0.2, 0.25) is 0 Å². The van der Waals surface area contributed by atoms with Gasteiger partial charge in [-0.05, 0) is 31.5 Å². The fourth-order valence-electron chi connectivity index (χ4n) is 1.68. The zero-order valence-electron chi connectivity index (χ0n) is 12.2. The van der Waals surface area contributed by atoms with Gasteiger partial charge in [-0.2, -0.15) is 0 Å². The monoisotopic (exact) mass is 313 g/mol. The number of nitrogens with one attached hydrogen (secondary N) is 1. The van der Waals surface area contributed by atoms with E-state index in [4.69, 9.17) is 5.11 Å². The standard InChI is InChI=1S/C14H19NO5S/c1-9(14(17)18)10(2)15-13(16)12-6-4-11(5-7-12)8-21(3,19)20/h4-7,9-10H,8H2,1-3H3,(H,15,16)(H,17,18). The number of sulfone groups is 1. The summed E-state index contributed by atoms with van der Waals surface area (Å²) in [6, 6.07) is 5.68. The Kier molecular flexibility index (Phi) is 5.48. The largest absolute Gasteiger partial charge is 0.481 e. The molecule has 0 fully saturated rings. The van der Waals surface area contributed by atoms with Gasteiger partial charge in [-0.15, -0.1) is 0 Å². The first kappa shape index (κ1) is 17.2. The number of aliphatic carboxylic acids is 1. The van der Waals surface area contributed by atoms with Crippen LogP contribution in [0.15, 0.2) is 24.3 Å². The molecule has 0 spiro atoms. The third kappa shape index (κ3) is 5.55. The average Bonchev–Trinajstić information content (AvgIpc) is 2.36. The molecule has 7 heteroatoms. The Morgan fingerprint density at radius 2 is 1.71 bits per heavy atom. The van der Waals surface area contributed by atoms with E-state index in [1.54, 1.807) is 19.1 Å². The fraction of sp³-hybridized carbons (Fsp3) is 0.429. The zero-order chi connectivity index (χ0) is 16.2. The van der Waals surface area contributed by atoms with E-state index in [9.17, 15) is 18.0 Å². The van der Waals surface area contributed by atoms with Gasteiger partial charge >= 0.3 is 5.97 Å². The molecule has 0 saturated heterocycles. The zero-order valence-corrected chi connectivity index (χ0v) is 13.0. The lowest BCUT2D eigenvalue weighted by Gasteiger charge is -2.17. The highest BCUT2D eigenvalue weighted by atomic mass is 32.2. The Balaban J connectivity index is 2.74. The van der Waals surface area contributed by atoms with Gasteiger partial charge in [0, 0.05) is 17.9 Å². The number of carboxylic acids is 1. The second kappa shape index (κ2) is 6.71. The fourth-order valence-corrected chi connectivity index (χ4v) is 2.48. The van der Waals surface area contributed by atoms with Crippen LogP contribution in [0, 0.1) is 5.92 Å². The van der Waals surface area contributed by atoms with E-state index in [0.717, 1.165) is 6.26 Å². The van der Waals surface area contributed by atoms with Gasteiger partial charge in [-0.3, -0.25) is 9.59 Å². The van der Waals surface area contributed by atoms with Crippen molar-refractivity contribution in [3.63, 3.8) is 0 Å². The molecule has 0 heterocycles. The maximum Gasteiger partial charge on any atom is 0.308 e. The van der Waals surface area contributed by atoms with Crippen LogP contribution in [0.4, 0.5) is 0 Å². The Morgan fingerprint density at radius 3 is 2.14 bits per heavy atom. The van der Waals surface area contributed by atoms with Crippen molar-refractivity contribution in [3.05, 3.63) is 35.4 Å². The van der Waals surface area contributed by atoms with Crippen molar-refractivity contribution in [1.29, 1.82) is 0 Å². The molecule has 116 valence electrons. The van der Waals surface area contributed by atoms with E-state index in [1.807, 2.05) is 0 Å². The van der Waals surface area contributed by atoms with Crippen LogP contribution in [0.2, 0.25) is 0 Å². The molecular formula is C14H19NO5S. The van der Waals surface area contributed by atoms with Crippen molar-refractivity contribution < 1.29 is 23.1 Å². The number of carboxylic acid groups (broad SMARTS) is 1. The molecule has 0 aliphatic rings. The molecular weight excluding hydrogens is 294 g/mol. The molecule has 1 amide bonds. The van der Waals surface area contributed by atoms with Crippen molar-refractivity contribution in [3.8, 4) is 0 Å². The summed E-state index contributed by atoms with van der Waals surface area (Å²) < 4.78 is 22.3. The van der Waals surface area contributed by atoms with Crippen LogP contribution in [0.25, 0.3) is 0 Å². The molecule has 0 aliphatic heterocycles. The molecule has 0 aliphatic carbocycles. The smallest absolute Gasteiger partial charge is 0.308 e. The van der Waals surface area contributed by atoms with Crippen molar-refractivity contribution in [2.75, 3.05) is 6.26 Å². The lowest BCUT2D eigenvalue weighted by molar-refractivity contribution is -0.141. The molecule has 2 atom stereocenters. The SMILES string of the molecule is CC(NC(=O)c1ccc(CS(C)(=O)=O)cc1)C(C)C(=O)O. The number of benzene rings is 1. The van der Waals surface area contributed by atoms with Crippen LogP contribution in [0.3, 0.4) is 0 Å². The number of hydrogen-bond donors (Lipinski definition) is 2. The molecule has 1 aromatic carbocycles. The number of amides is 1. The minimum Gasteiger partial charge on any atom is -0.481 e. The van der Waals surface area contributed by atoms with Crippen molar-refractivity contribution in [2.24, 2.45) is 5.92 Å². The Labute approximate surface area is 124 Å². The van der Waals surface area contributed by atoms with Crippen LogP contribution < -0.4 is 5.32 Å². The summed E-state index contributed by atoms with van der Waals surface area (Å²) in [6.07, 6.45) is 1.14. The number of carbonyl (C=O) groups excluding carboxylic acids is 1. The third-order valence-electron chi connectivity index (χ3n) is 3.14. The van der Waals surface area contributed by atoms with Gasteiger partial charge < -0.3 is 10.4 Å². The van der Waals surface area contributed by atoms with E-state index >= 15 is 0 Å². The van der Waals surface area contributed by atoms with E-state index in [1.165, 1.54) is 19.1 Å². The second-order valence-corrected chi connectivity index (χ2v) is 7.30. The molecule has 1 rings (SSSR count). The Bertz CT molecular complexity index is 621. The van der Waals surface area contributed by atoms with E-state index in [0.29, 0.717) is 11.1 Å². The first-order valence-electron chi connectivity index (χ1n) is 6.40. The highest BCUT2D eigenvalue weighted by Gasteiger charge is 2.21. The first-order chi connectivity index (χ1) is 9.60. The molecule has 0 saturated carbocycles. The van der Waals surface area contributed by atoms with Crippen LogP contribution in [-0.4, -0.2) is 37.7 Å². The summed E-state index contributed by atoms with van der Waals surface area (Å²) in [5, 5.41) is 11.5. The van der Waals surface area contributed by atoms with Gasteiger partial charge in [0.1, 0.15) is 0 Å². The van der Waals surface area contributed by atoms with Crippen molar-refractivity contribution >= 4 is 21.7 Å². The predicted molar refractivity (Wildman–Crippen MR) is 78.7 cm³/mol. The average molecular weight is 313 g/mol. The summed E-state index contributed by atoms with van der Waals surface area (Å²) in [5.41, 5.74) is 0.956. The first-order valence-corrected chi connectivity index (χ1v) is 8.46. The number of hydrogen-bond acceptors (Lipinski definition) is 4. The highest BCUT2D eigenvalue weighted by Crippen LogP contribution is 2.09. The van der Waals surface area contributed by atoms with Crippen LogP contribution in [-0.2, 0) is 20.4 Å². The molecule has 0 radical (unpaired) electrons. The quantitative estimate of drug-likeness (QED) is 0.818. The maximum absolute atomic E-state index is 12.0. The van der Waals surface area contributed by atoms with E-state index in [2.05, 4.69) is 5.32 Å². The minimum atomic E-state index is -3.12. The summed E-state index contributed by atoms with van der Waals surface area (Å²) in [6.45, 7) is 3.14. The van der Waals surface area contributed by atoms with E-state index < -0.39 is 27.8 Å². The van der Waals surface area contributed by atoms with Gasteiger partial charge in [0.15, 0.2) is 9.84 Å². The van der Waals surface area contributed by atoms with Gasteiger partial charge in [0.05, 0.1) is 11.7 Å². The summed E-state index contributed by atoms with van der Waals surface area (Å²) in [5.74, 6) is -2.15. The lowest BCUT2D eigenvalue weighted by atomic mass is 10.0. The third-order valence-corrected chi connectivity index (χ3v) is 4.00. The van der Waals surface area contributed by atoms with Crippen LogP contribution in [0.1, 0.15) is 29.8 Å². The van der Waals surface area contributed by atoms with Crippen LogP contribution in [0.5, 0.6) is 0 Å². The molecule has 1 aromatic rings. The molecule has 2 unspecified atom stereocenters. The summed E-state index contributed by atoms with van der Waals surface area (Å²) in [7, 11) is -3.12. The topological polar surface area (TPSA) is 101 Å². The Morgan fingerprint density at radius 1 is 1.19 bits per heavy atom. The number of rotatable bonds is 6. The van der Waals surface area contributed by atoms with Crippen LogP contribution >= 0.6 is 0 Å². The summed E-state index contributed by atoms with van der Waals surface area (Å²) >= 11 is 0. The van der Waals surface area contributed by atoms with Gasteiger partial charge in [-0.25, -0.2) is 8.42 Å². The predicted octanol–water partition coefficient (Wildman–Crippen LogP) is 1.07. The molecule has 0 aromatic heterocycles. The van der Waals surface area contributed by atoms with Crippen molar-refractivity contribution in [1.82, 2.24) is 5.32 Å². The minimum absolute atomic E-state index is 0.0820. The van der Waals surface area contributed by atoms with Gasteiger partial charge in [-0.1, -0.05) is 12.1 Å². The lowest BCUT2D eigenvalue weighted by Crippen LogP contribution is -2.40. The van der Waals surface area contributed by atoms with Crippen molar-refractivity contribution in [2.45, 2.75) is 25.6 Å². The highest BCUT2D eigenvalue weighted by molar-refractivity contribution is 7.89. The Hall–Kier alpha value is -1.89. The molecule has 0 bridgehead atoms.